The second-order valence-corrected chi connectivity index (χ2v) is 4.97. The molecule has 1 heterocycles. The van der Waals surface area contributed by atoms with Crippen molar-refractivity contribution in [2.24, 2.45) is 0 Å². The first-order valence-electron chi connectivity index (χ1n) is 4.54. The van der Waals surface area contributed by atoms with Gasteiger partial charge in [-0.05, 0) is 0 Å². The third-order valence-electron chi connectivity index (χ3n) is 1.86. The van der Waals surface area contributed by atoms with E-state index in [1.54, 1.807) is 0 Å². The Morgan fingerprint density at radius 2 is 2.00 bits per heavy atom. The topological polar surface area (TPSA) is 95.9 Å². The Kier molecular flexibility index (Phi) is 4.45. The molecule has 88 valence electrons. The van der Waals surface area contributed by atoms with Crippen molar-refractivity contribution in [2.45, 2.75) is 6.42 Å². The molecule has 15 heavy (non-hydrogen) atoms. The van der Waals surface area contributed by atoms with Crippen molar-refractivity contribution in [2.75, 3.05) is 32.1 Å². The smallest absolute Gasteiger partial charge is 0.304 e. The van der Waals surface area contributed by atoms with Gasteiger partial charge >= 0.3 is 5.97 Å². The van der Waals surface area contributed by atoms with Gasteiger partial charge in [0.05, 0.1) is 25.4 Å². The lowest BCUT2D eigenvalue weighted by Crippen LogP contribution is -2.49. The van der Waals surface area contributed by atoms with E-state index in [-0.39, 0.29) is 6.42 Å². The van der Waals surface area contributed by atoms with Crippen molar-refractivity contribution in [3.63, 3.8) is 0 Å². The molecule has 0 spiro atoms. The number of hydrazine groups is 1. The van der Waals surface area contributed by atoms with E-state index in [9.17, 15) is 13.2 Å². The Morgan fingerprint density at radius 1 is 1.40 bits per heavy atom. The molecule has 0 saturated carbocycles. The number of sulfonamides is 1. The molecule has 8 heteroatoms. The van der Waals surface area contributed by atoms with Gasteiger partial charge in [-0.1, -0.05) is 0 Å². The first-order valence-corrected chi connectivity index (χ1v) is 6.19. The van der Waals surface area contributed by atoms with E-state index in [1.165, 1.54) is 5.01 Å². The van der Waals surface area contributed by atoms with Crippen LogP contribution in [0.2, 0.25) is 0 Å². The number of hydrogen-bond acceptors (Lipinski definition) is 5. The van der Waals surface area contributed by atoms with Gasteiger partial charge in [-0.25, -0.2) is 13.4 Å². The van der Waals surface area contributed by atoms with Crippen LogP contribution >= 0.6 is 0 Å². The Bertz CT molecular complexity index is 309. The number of carbonyl (C=O) groups is 1. The minimum absolute atomic E-state index is 0.389. The van der Waals surface area contributed by atoms with E-state index >= 15 is 0 Å². The number of aliphatic carboxylic acids is 1. The normalized spacial score (nSPS) is 18.9. The second kappa shape index (κ2) is 5.40. The molecule has 7 nitrogen and oxygen atoms in total. The lowest BCUT2D eigenvalue weighted by Gasteiger charge is -2.26. The van der Waals surface area contributed by atoms with Crippen LogP contribution in [0.4, 0.5) is 0 Å². The van der Waals surface area contributed by atoms with Crippen molar-refractivity contribution in [1.82, 2.24) is 9.84 Å². The average molecular weight is 238 g/mol. The van der Waals surface area contributed by atoms with E-state index in [0.717, 1.165) is 0 Å². The number of carboxylic acid groups (broad SMARTS) is 1. The summed E-state index contributed by atoms with van der Waals surface area (Å²) in [6.45, 7) is 1.90. The number of nitrogens with zero attached hydrogens (tertiary/aromatic N) is 1. The SMILES string of the molecule is O=C(O)CCS(=O)(=O)NN1CCOCC1. The first kappa shape index (κ1) is 12.4. The quantitative estimate of drug-likeness (QED) is 0.613. The van der Waals surface area contributed by atoms with Crippen molar-refractivity contribution in [1.29, 1.82) is 0 Å². The van der Waals surface area contributed by atoms with Crippen LogP contribution in [-0.2, 0) is 19.6 Å². The molecule has 0 aromatic rings. The summed E-state index contributed by atoms with van der Waals surface area (Å²) in [4.78, 5) is 12.5. The molecule has 1 aliphatic rings. The fourth-order valence-electron chi connectivity index (χ4n) is 1.12. The van der Waals surface area contributed by atoms with Crippen LogP contribution in [-0.4, -0.2) is 56.6 Å². The summed E-state index contributed by atoms with van der Waals surface area (Å²) in [5, 5.41) is 9.87. The number of morpholine rings is 1. The molecule has 2 N–H and O–H groups in total. The minimum Gasteiger partial charge on any atom is -0.481 e. The minimum atomic E-state index is -3.54. The maximum atomic E-state index is 11.3. The molecule has 0 aromatic carbocycles. The van der Waals surface area contributed by atoms with Crippen molar-refractivity contribution in [3.8, 4) is 0 Å². The lowest BCUT2D eigenvalue weighted by atomic mass is 10.5. The van der Waals surface area contributed by atoms with Gasteiger partial charge in [0.1, 0.15) is 0 Å². The molecular weight excluding hydrogens is 224 g/mol. The number of rotatable bonds is 5. The van der Waals surface area contributed by atoms with E-state index in [4.69, 9.17) is 9.84 Å². The summed E-state index contributed by atoms with van der Waals surface area (Å²) >= 11 is 0. The van der Waals surface area contributed by atoms with E-state index in [2.05, 4.69) is 4.83 Å². The molecule has 1 fully saturated rings. The third kappa shape index (κ3) is 5.07. The number of carboxylic acids is 1. The molecule has 0 bridgehead atoms. The molecule has 0 aliphatic carbocycles. The van der Waals surface area contributed by atoms with Gasteiger partial charge in [0.25, 0.3) is 0 Å². The van der Waals surface area contributed by atoms with E-state index in [0.29, 0.717) is 26.3 Å². The van der Waals surface area contributed by atoms with Crippen molar-refractivity contribution >= 4 is 16.0 Å². The number of nitrogens with one attached hydrogen (secondary N) is 1. The van der Waals surface area contributed by atoms with Crippen LogP contribution in [0.15, 0.2) is 0 Å². The van der Waals surface area contributed by atoms with Gasteiger partial charge in [0.15, 0.2) is 0 Å². The Labute approximate surface area is 88.0 Å². The standard InChI is InChI=1S/C7H14N2O5S/c10-7(11)1-6-15(12,13)8-9-2-4-14-5-3-9/h8H,1-6H2,(H,10,11). The molecule has 1 saturated heterocycles. The monoisotopic (exact) mass is 238 g/mol. The summed E-state index contributed by atoms with van der Waals surface area (Å²) in [6, 6.07) is 0. The van der Waals surface area contributed by atoms with Gasteiger partial charge in [-0.3, -0.25) is 4.79 Å². The maximum absolute atomic E-state index is 11.3. The molecule has 0 aromatic heterocycles. The largest absolute Gasteiger partial charge is 0.481 e. The molecule has 0 atom stereocenters. The highest BCUT2D eigenvalue weighted by Gasteiger charge is 2.18. The first-order chi connectivity index (χ1) is 6.99. The number of ether oxygens (including phenoxy) is 1. The van der Waals surface area contributed by atoms with Gasteiger partial charge in [-0.2, -0.15) is 0 Å². The zero-order valence-electron chi connectivity index (χ0n) is 8.18. The summed E-state index contributed by atoms with van der Waals surface area (Å²) in [5.41, 5.74) is 0. The van der Waals surface area contributed by atoms with E-state index in [1.807, 2.05) is 0 Å². The van der Waals surface area contributed by atoms with Gasteiger partial charge < -0.3 is 9.84 Å². The average Bonchev–Trinajstić information content (AvgIpc) is 2.16. The summed E-state index contributed by atoms with van der Waals surface area (Å²) < 4.78 is 27.7. The zero-order valence-corrected chi connectivity index (χ0v) is 8.99. The maximum Gasteiger partial charge on any atom is 0.304 e. The zero-order chi connectivity index (χ0) is 11.3. The Balaban J connectivity index is 2.37. The Hall–Kier alpha value is -0.700. The summed E-state index contributed by atoms with van der Waals surface area (Å²) in [7, 11) is -3.54. The molecule has 0 amide bonds. The third-order valence-corrected chi connectivity index (χ3v) is 3.14. The highest BCUT2D eigenvalue weighted by atomic mass is 32.2. The lowest BCUT2D eigenvalue weighted by molar-refractivity contribution is -0.136. The molecule has 1 rings (SSSR count). The molecule has 1 aliphatic heterocycles. The molecular formula is C7H14N2O5S. The molecule has 0 unspecified atom stereocenters. The van der Waals surface area contributed by atoms with Crippen LogP contribution in [0, 0.1) is 0 Å². The fourth-order valence-corrected chi connectivity index (χ4v) is 2.23. The van der Waals surface area contributed by atoms with Crippen molar-refractivity contribution in [3.05, 3.63) is 0 Å². The predicted octanol–water partition coefficient (Wildman–Crippen LogP) is -1.37. The molecule has 0 radical (unpaired) electrons. The van der Waals surface area contributed by atoms with Gasteiger partial charge in [-0.15, -0.1) is 4.83 Å². The summed E-state index contributed by atoms with van der Waals surface area (Å²) in [5.74, 6) is -1.53. The highest BCUT2D eigenvalue weighted by Crippen LogP contribution is 1.97. The summed E-state index contributed by atoms with van der Waals surface area (Å²) in [6.07, 6.45) is -0.389. The van der Waals surface area contributed by atoms with E-state index < -0.39 is 21.7 Å². The highest BCUT2D eigenvalue weighted by molar-refractivity contribution is 7.89. The van der Waals surface area contributed by atoms with Crippen LogP contribution in [0.3, 0.4) is 0 Å². The van der Waals surface area contributed by atoms with Crippen LogP contribution < -0.4 is 4.83 Å². The van der Waals surface area contributed by atoms with Crippen LogP contribution in [0.5, 0.6) is 0 Å². The second-order valence-electron chi connectivity index (χ2n) is 3.15. The van der Waals surface area contributed by atoms with Crippen molar-refractivity contribution < 1.29 is 23.1 Å². The van der Waals surface area contributed by atoms with Gasteiger partial charge in [0.2, 0.25) is 10.0 Å². The number of hydrogen-bond donors (Lipinski definition) is 2. The van der Waals surface area contributed by atoms with Crippen LogP contribution in [0.1, 0.15) is 6.42 Å². The Morgan fingerprint density at radius 3 is 2.53 bits per heavy atom. The fraction of sp³-hybridized carbons (Fsp3) is 0.857. The van der Waals surface area contributed by atoms with Crippen LogP contribution in [0.25, 0.3) is 0 Å². The van der Waals surface area contributed by atoms with Gasteiger partial charge in [0, 0.05) is 13.1 Å². The predicted molar refractivity (Wildman–Crippen MR) is 51.6 cm³/mol.